The summed E-state index contributed by atoms with van der Waals surface area (Å²) < 4.78 is 0. The van der Waals surface area contributed by atoms with E-state index in [0.29, 0.717) is 5.56 Å². The summed E-state index contributed by atoms with van der Waals surface area (Å²) in [6, 6.07) is 7.25. The molecule has 1 atom stereocenters. The summed E-state index contributed by atoms with van der Waals surface area (Å²) >= 11 is 0. The van der Waals surface area contributed by atoms with Crippen molar-refractivity contribution in [3.63, 3.8) is 0 Å². The summed E-state index contributed by atoms with van der Waals surface area (Å²) in [5, 5.41) is 14.0. The molecule has 1 rings (SSSR count). The fraction of sp³-hybridized carbons (Fsp3) is 0.400. The van der Waals surface area contributed by atoms with E-state index in [1.807, 2.05) is 0 Å². The van der Waals surface area contributed by atoms with Gasteiger partial charge in [-0.1, -0.05) is 51.1 Å². The molecule has 1 aromatic rings. The highest BCUT2D eigenvalue weighted by Gasteiger charge is 2.24. The average molecular weight is 292 g/mol. The van der Waals surface area contributed by atoms with Crippen molar-refractivity contribution in [2.45, 2.75) is 26.8 Å². The molecule has 1 aromatic carbocycles. The molecule has 3 N–H and O–H groups in total. The van der Waals surface area contributed by atoms with Crippen LogP contribution >= 0.6 is 0 Å². The first-order chi connectivity index (χ1) is 9.71. The molecule has 0 saturated heterocycles. The number of rotatable bonds is 5. The molecule has 0 aliphatic carbocycles. The van der Waals surface area contributed by atoms with Gasteiger partial charge in [-0.15, -0.1) is 0 Å². The van der Waals surface area contributed by atoms with Crippen LogP contribution in [0.25, 0.3) is 0 Å². The van der Waals surface area contributed by atoms with Crippen LogP contribution in [0.1, 0.15) is 32.4 Å². The maximum atomic E-state index is 11.8. The number of benzene rings is 1. The van der Waals surface area contributed by atoms with Gasteiger partial charge in [0.1, 0.15) is 0 Å². The van der Waals surface area contributed by atoms with Crippen molar-refractivity contribution in [3.05, 3.63) is 35.9 Å². The van der Waals surface area contributed by atoms with Gasteiger partial charge in [0, 0.05) is 5.41 Å². The smallest absolute Gasteiger partial charge is 0.330 e. The molecule has 0 heterocycles. The Kier molecular flexibility index (Phi) is 5.46. The number of amides is 2. The summed E-state index contributed by atoms with van der Waals surface area (Å²) in [6.45, 7) is 4.92. The van der Waals surface area contributed by atoms with E-state index in [2.05, 4.69) is 10.6 Å². The van der Waals surface area contributed by atoms with E-state index in [9.17, 15) is 19.5 Å². The molecule has 1 unspecified atom stereocenters. The Hall–Kier alpha value is -2.37. The van der Waals surface area contributed by atoms with Crippen LogP contribution in [0, 0.1) is 5.41 Å². The number of hydrogen-bond acceptors (Lipinski definition) is 3. The summed E-state index contributed by atoms with van der Waals surface area (Å²) in [5.41, 5.74) is -0.133. The molecule has 0 bridgehead atoms. The van der Waals surface area contributed by atoms with Gasteiger partial charge in [0.15, 0.2) is 6.04 Å². The van der Waals surface area contributed by atoms with E-state index in [1.54, 1.807) is 51.1 Å². The first kappa shape index (κ1) is 16.7. The van der Waals surface area contributed by atoms with Crippen molar-refractivity contribution in [2.75, 3.05) is 6.54 Å². The van der Waals surface area contributed by atoms with Crippen LogP contribution in [0.5, 0.6) is 0 Å². The lowest BCUT2D eigenvalue weighted by molar-refractivity contribution is -0.142. The lowest BCUT2D eigenvalue weighted by Gasteiger charge is -2.19. The Morgan fingerprint density at radius 2 is 1.71 bits per heavy atom. The van der Waals surface area contributed by atoms with E-state index in [4.69, 9.17) is 0 Å². The fourth-order valence-electron chi connectivity index (χ4n) is 1.57. The van der Waals surface area contributed by atoms with Crippen LogP contribution in [-0.2, 0) is 14.4 Å². The molecule has 21 heavy (non-hydrogen) atoms. The Bertz CT molecular complexity index is 520. The van der Waals surface area contributed by atoms with Crippen molar-refractivity contribution >= 4 is 17.8 Å². The van der Waals surface area contributed by atoms with Gasteiger partial charge in [0.05, 0.1) is 6.54 Å². The number of carboxylic acid groups (broad SMARTS) is 1. The third kappa shape index (κ3) is 5.25. The Labute approximate surface area is 123 Å². The van der Waals surface area contributed by atoms with Crippen molar-refractivity contribution in [1.82, 2.24) is 10.6 Å². The quantitative estimate of drug-likeness (QED) is 0.757. The first-order valence-corrected chi connectivity index (χ1v) is 6.57. The number of aliphatic carboxylic acids is 1. The molecular weight excluding hydrogens is 272 g/mol. The van der Waals surface area contributed by atoms with Crippen LogP contribution in [0.15, 0.2) is 30.3 Å². The van der Waals surface area contributed by atoms with Crippen LogP contribution in [-0.4, -0.2) is 29.4 Å². The highest BCUT2D eigenvalue weighted by molar-refractivity contribution is 5.89. The normalized spacial score (nSPS) is 12.3. The molecule has 0 fully saturated rings. The molecule has 0 aliphatic rings. The van der Waals surface area contributed by atoms with E-state index in [1.165, 1.54) is 0 Å². The highest BCUT2D eigenvalue weighted by atomic mass is 16.4. The molecule has 0 aliphatic heterocycles. The summed E-state index contributed by atoms with van der Waals surface area (Å²) in [5.74, 6) is -1.98. The van der Waals surface area contributed by atoms with E-state index in [0.717, 1.165) is 0 Å². The van der Waals surface area contributed by atoms with Crippen molar-refractivity contribution in [3.8, 4) is 0 Å². The zero-order chi connectivity index (χ0) is 16.0. The molecule has 0 saturated carbocycles. The molecular formula is C15H20N2O4. The predicted octanol–water partition coefficient (Wildman–Crippen LogP) is 1.09. The van der Waals surface area contributed by atoms with E-state index < -0.39 is 23.3 Å². The number of hydrogen-bond donors (Lipinski definition) is 3. The van der Waals surface area contributed by atoms with E-state index >= 15 is 0 Å². The van der Waals surface area contributed by atoms with Crippen molar-refractivity contribution in [1.29, 1.82) is 0 Å². The van der Waals surface area contributed by atoms with Gasteiger partial charge in [-0.25, -0.2) is 4.79 Å². The van der Waals surface area contributed by atoms with E-state index in [-0.39, 0.29) is 12.5 Å². The molecule has 114 valence electrons. The number of carboxylic acids is 1. The zero-order valence-corrected chi connectivity index (χ0v) is 12.3. The summed E-state index contributed by atoms with van der Waals surface area (Å²) in [4.78, 5) is 34.7. The fourth-order valence-corrected chi connectivity index (χ4v) is 1.57. The minimum atomic E-state index is -1.16. The lowest BCUT2D eigenvalue weighted by atomic mass is 9.96. The second kappa shape index (κ2) is 6.88. The van der Waals surface area contributed by atoms with Gasteiger partial charge < -0.3 is 15.7 Å². The first-order valence-electron chi connectivity index (χ1n) is 6.57. The number of carbonyl (C=O) groups is 3. The van der Waals surface area contributed by atoms with Gasteiger partial charge in [0.25, 0.3) is 0 Å². The van der Waals surface area contributed by atoms with Gasteiger partial charge in [-0.05, 0) is 5.56 Å². The lowest BCUT2D eigenvalue weighted by Crippen LogP contribution is -2.43. The molecule has 0 radical (unpaired) electrons. The van der Waals surface area contributed by atoms with Crippen LogP contribution in [0.2, 0.25) is 0 Å². The Balaban J connectivity index is 2.63. The zero-order valence-electron chi connectivity index (χ0n) is 12.3. The van der Waals surface area contributed by atoms with Gasteiger partial charge in [-0.2, -0.15) is 0 Å². The Morgan fingerprint density at radius 3 is 2.19 bits per heavy atom. The van der Waals surface area contributed by atoms with Crippen molar-refractivity contribution < 1.29 is 19.5 Å². The Morgan fingerprint density at radius 1 is 1.14 bits per heavy atom. The topological polar surface area (TPSA) is 95.5 Å². The summed E-state index contributed by atoms with van der Waals surface area (Å²) in [7, 11) is 0. The number of carbonyl (C=O) groups excluding carboxylic acids is 2. The number of nitrogens with one attached hydrogen (secondary N) is 2. The van der Waals surface area contributed by atoms with Crippen LogP contribution in [0.4, 0.5) is 0 Å². The standard InChI is InChI=1S/C15H20N2O4/c1-15(2,3)14(21)16-9-11(18)17-12(13(19)20)10-7-5-4-6-8-10/h4-8,12H,9H2,1-3H3,(H,16,21)(H,17,18)(H,19,20). The predicted molar refractivity (Wildman–Crippen MR) is 77.4 cm³/mol. The third-order valence-corrected chi connectivity index (χ3v) is 2.78. The van der Waals surface area contributed by atoms with Gasteiger partial charge in [-0.3, -0.25) is 9.59 Å². The molecule has 6 nitrogen and oxygen atoms in total. The second-order valence-electron chi connectivity index (χ2n) is 5.68. The van der Waals surface area contributed by atoms with Crippen LogP contribution < -0.4 is 10.6 Å². The van der Waals surface area contributed by atoms with Crippen molar-refractivity contribution in [2.24, 2.45) is 5.41 Å². The SMILES string of the molecule is CC(C)(C)C(=O)NCC(=O)NC(C(=O)O)c1ccccc1. The maximum absolute atomic E-state index is 11.8. The highest BCUT2D eigenvalue weighted by Crippen LogP contribution is 2.13. The summed E-state index contributed by atoms with van der Waals surface area (Å²) in [6.07, 6.45) is 0. The average Bonchev–Trinajstić information content (AvgIpc) is 2.41. The molecule has 0 aromatic heterocycles. The second-order valence-corrected chi connectivity index (χ2v) is 5.68. The minimum absolute atomic E-state index is 0.257. The van der Waals surface area contributed by atoms with Crippen LogP contribution in [0.3, 0.4) is 0 Å². The molecule has 2 amide bonds. The minimum Gasteiger partial charge on any atom is -0.479 e. The largest absolute Gasteiger partial charge is 0.479 e. The maximum Gasteiger partial charge on any atom is 0.330 e. The third-order valence-electron chi connectivity index (χ3n) is 2.78. The monoisotopic (exact) mass is 292 g/mol. The molecule has 6 heteroatoms. The van der Waals surface area contributed by atoms with Gasteiger partial charge in [0.2, 0.25) is 11.8 Å². The molecule has 0 spiro atoms. The van der Waals surface area contributed by atoms with Gasteiger partial charge >= 0.3 is 5.97 Å².